The van der Waals surface area contributed by atoms with E-state index in [-0.39, 0.29) is 0 Å². The second-order valence-electron chi connectivity index (χ2n) is 4.51. The quantitative estimate of drug-likeness (QED) is 0.714. The zero-order valence-corrected chi connectivity index (χ0v) is 13.4. The van der Waals surface area contributed by atoms with Crippen LogP contribution in [-0.2, 0) is 6.54 Å². The Balaban J connectivity index is 2.27. The summed E-state index contributed by atoms with van der Waals surface area (Å²) in [6, 6.07) is 16.5. The molecule has 0 amide bonds. The van der Waals surface area contributed by atoms with Crippen LogP contribution in [0.5, 0.6) is 0 Å². The maximum Gasteiger partial charge on any atom is 0.117 e. The molecular formula is C15H16Cl2NP. The number of anilines is 1. The summed E-state index contributed by atoms with van der Waals surface area (Å²) in [6.07, 6.45) is 0. The molecule has 0 aliphatic heterocycles. The van der Waals surface area contributed by atoms with Gasteiger partial charge in [-0.25, -0.2) is 0 Å². The molecule has 0 atom stereocenters. The number of halogens is 2. The SMILES string of the molecule is Cc1cccc(CN(C)c2ccccc2)c1P(Cl)Cl. The maximum atomic E-state index is 6.15. The van der Waals surface area contributed by atoms with Gasteiger partial charge in [-0.2, -0.15) is 0 Å². The van der Waals surface area contributed by atoms with Crippen molar-refractivity contribution >= 4 is 40.1 Å². The van der Waals surface area contributed by atoms with E-state index in [9.17, 15) is 0 Å². The van der Waals surface area contributed by atoms with Crippen LogP contribution in [-0.4, -0.2) is 7.05 Å². The standard InChI is InChI=1S/C15H16Cl2NP/c1-12-7-6-8-13(15(12)19(16)17)11-18(2)14-9-4-3-5-10-14/h3-10H,11H2,1-2H3. The second kappa shape index (κ2) is 6.61. The lowest BCUT2D eigenvalue weighted by Crippen LogP contribution is -2.21. The molecule has 19 heavy (non-hydrogen) atoms. The van der Waals surface area contributed by atoms with Crippen LogP contribution in [0, 0.1) is 6.92 Å². The molecule has 0 N–H and O–H groups in total. The highest BCUT2D eigenvalue weighted by atomic mass is 35.9. The summed E-state index contributed by atoms with van der Waals surface area (Å²) in [5.74, 6) is 0. The van der Waals surface area contributed by atoms with Gasteiger partial charge < -0.3 is 4.90 Å². The number of benzene rings is 2. The Kier molecular flexibility index (Phi) is 5.10. The van der Waals surface area contributed by atoms with Crippen LogP contribution in [0.1, 0.15) is 11.1 Å². The molecule has 0 unspecified atom stereocenters. The van der Waals surface area contributed by atoms with Crippen LogP contribution >= 0.6 is 29.1 Å². The van der Waals surface area contributed by atoms with Crippen molar-refractivity contribution in [1.29, 1.82) is 0 Å². The second-order valence-corrected chi connectivity index (χ2v) is 7.97. The van der Waals surface area contributed by atoms with Gasteiger partial charge in [-0.05, 0) is 30.2 Å². The zero-order chi connectivity index (χ0) is 13.8. The molecule has 1 nitrogen and oxygen atoms in total. The van der Waals surface area contributed by atoms with Gasteiger partial charge in [-0.15, -0.1) is 0 Å². The molecule has 0 spiro atoms. The molecule has 0 saturated heterocycles. The summed E-state index contributed by atoms with van der Waals surface area (Å²) < 4.78 is 0. The van der Waals surface area contributed by atoms with Gasteiger partial charge in [-0.1, -0.05) is 58.9 Å². The molecule has 0 saturated carbocycles. The highest BCUT2D eigenvalue weighted by Crippen LogP contribution is 2.47. The van der Waals surface area contributed by atoms with Crippen LogP contribution in [0.25, 0.3) is 0 Å². The van der Waals surface area contributed by atoms with Crippen LogP contribution in [0.15, 0.2) is 48.5 Å². The molecule has 0 heterocycles. The molecular weight excluding hydrogens is 296 g/mol. The molecule has 0 fully saturated rings. The molecule has 0 bridgehead atoms. The minimum absolute atomic E-state index is 0.805. The molecule has 4 heteroatoms. The lowest BCUT2D eigenvalue weighted by Gasteiger charge is -2.22. The van der Waals surface area contributed by atoms with E-state index in [0.717, 1.165) is 17.4 Å². The van der Waals surface area contributed by atoms with Crippen molar-refractivity contribution in [3.05, 3.63) is 59.7 Å². The molecule has 0 aliphatic rings. The molecule has 100 valence electrons. The summed E-state index contributed by atoms with van der Waals surface area (Å²) in [7, 11) is 2.08. The van der Waals surface area contributed by atoms with E-state index in [1.54, 1.807) is 0 Å². The van der Waals surface area contributed by atoms with Crippen molar-refractivity contribution in [2.75, 3.05) is 11.9 Å². The van der Waals surface area contributed by atoms with Gasteiger partial charge in [0.25, 0.3) is 0 Å². The molecule has 0 aliphatic carbocycles. The van der Waals surface area contributed by atoms with Gasteiger partial charge >= 0.3 is 0 Å². The molecule has 0 radical (unpaired) electrons. The largest absolute Gasteiger partial charge is 0.370 e. The van der Waals surface area contributed by atoms with Crippen LogP contribution < -0.4 is 10.2 Å². The predicted octanol–water partition coefficient (Wildman–Crippen LogP) is 5.05. The van der Waals surface area contributed by atoms with E-state index < -0.39 is 6.63 Å². The fourth-order valence-corrected chi connectivity index (χ4v) is 4.27. The fraction of sp³-hybridized carbons (Fsp3) is 0.200. The van der Waals surface area contributed by atoms with E-state index >= 15 is 0 Å². The van der Waals surface area contributed by atoms with Crippen LogP contribution in [0.4, 0.5) is 5.69 Å². The van der Waals surface area contributed by atoms with Crippen molar-refractivity contribution in [3.63, 3.8) is 0 Å². The van der Waals surface area contributed by atoms with Crippen molar-refractivity contribution in [2.24, 2.45) is 0 Å². The normalized spacial score (nSPS) is 10.8. The van der Waals surface area contributed by atoms with Crippen LogP contribution in [0.3, 0.4) is 0 Å². The average Bonchev–Trinajstić information content (AvgIpc) is 2.39. The van der Waals surface area contributed by atoms with E-state index in [1.807, 2.05) is 18.2 Å². The van der Waals surface area contributed by atoms with E-state index in [1.165, 1.54) is 11.3 Å². The van der Waals surface area contributed by atoms with Gasteiger partial charge in [0.1, 0.15) is 6.63 Å². The molecule has 2 rings (SSSR count). The summed E-state index contributed by atoms with van der Waals surface area (Å²) in [6.45, 7) is 1.74. The Bertz CT molecular complexity index is 543. The maximum absolute atomic E-state index is 6.15. The van der Waals surface area contributed by atoms with E-state index in [2.05, 4.69) is 49.2 Å². The third kappa shape index (κ3) is 3.63. The Morgan fingerprint density at radius 2 is 1.68 bits per heavy atom. The van der Waals surface area contributed by atoms with Crippen molar-refractivity contribution < 1.29 is 0 Å². The smallest absolute Gasteiger partial charge is 0.117 e. The number of hydrogen-bond donors (Lipinski definition) is 0. The van der Waals surface area contributed by atoms with Crippen molar-refractivity contribution in [3.8, 4) is 0 Å². The topological polar surface area (TPSA) is 3.24 Å². The van der Waals surface area contributed by atoms with Gasteiger partial charge in [0.15, 0.2) is 0 Å². The van der Waals surface area contributed by atoms with E-state index in [4.69, 9.17) is 22.5 Å². The minimum atomic E-state index is -1.12. The number of para-hydroxylation sites is 1. The third-order valence-electron chi connectivity index (χ3n) is 3.09. The Labute approximate surface area is 125 Å². The highest BCUT2D eigenvalue weighted by molar-refractivity contribution is 8.09. The van der Waals surface area contributed by atoms with Gasteiger partial charge in [0.2, 0.25) is 0 Å². The van der Waals surface area contributed by atoms with Crippen LogP contribution in [0.2, 0.25) is 0 Å². The van der Waals surface area contributed by atoms with Gasteiger partial charge in [-0.3, -0.25) is 0 Å². The fourth-order valence-electron chi connectivity index (χ4n) is 2.12. The van der Waals surface area contributed by atoms with Gasteiger partial charge in [0.05, 0.1) is 0 Å². The first-order valence-corrected chi connectivity index (χ1v) is 9.21. The third-order valence-corrected chi connectivity index (χ3v) is 5.09. The van der Waals surface area contributed by atoms with Gasteiger partial charge in [0, 0.05) is 24.6 Å². The predicted molar refractivity (Wildman–Crippen MR) is 88.0 cm³/mol. The first-order chi connectivity index (χ1) is 9.09. The van der Waals surface area contributed by atoms with Crippen molar-refractivity contribution in [2.45, 2.75) is 13.5 Å². The summed E-state index contributed by atoms with van der Waals surface area (Å²) in [5.41, 5.74) is 3.54. The minimum Gasteiger partial charge on any atom is -0.370 e. The Morgan fingerprint density at radius 3 is 2.32 bits per heavy atom. The molecule has 2 aromatic carbocycles. The first-order valence-electron chi connectivity index (χ1n) is 6.06. The molecule has 2 aromatic rings. The Hall–Kier alpha value is -0.750. The summed E-state index contributed by atoms with van der Waals surface area (Å²) in [5, 5.41) is 1.09. The summed E-state index contributed by atoms with van der Waals surface area (Å²) >= 11 is 12.3. The number of aryl methyl sites for hydroxylation is 1. The lowest BCUT2D eigenvalue weighted by atomic mass is 10.1. The molecule has 0 aromatic heterocycles. The lowest BCUT2D eigenvalue weighted by molar-refractivity contribution is 0.927. The average molecular weight is 312 g/mol. The zero-order valence-electron chi connectivity index (χ0n) is 11.0. The van der Waals surface area contributed by atoms with E-state index in [0.29, 0.717) is 0 Å². The number of hydrogen-bond acceptors (Lipinski definition) is 1. The summed E-state index contributed by atoms with van der Waals surface area (Å²) in [4.78, 5) is 2.20. The van der Waals surface area contributed by atoms with Crippen molar-refractivity contribution in [1.82, 2.24) is 0 Å². The Morgan fingerprint density at radius 1 is 1.00 bits per heavy atom. The highest BCUT2D eigenvalue weighted by Gasteiger charge is 2.14. The number of rotatable bonds is 4. The first kappa shape index (κ1) is 14.7. The number of nitrogens with zero attached hydrogens (tertiary/aromatic N) is 1. The monoisotopic (exact) mass is 311 g/mol.